The Bertz CT molecular complexity index is 888. The van der Waals surface area contributed by atoms with Crippen LogP contribution in [0.3, 0.4) is 0 Å². The number of aryl methyl sites for hydroxylation is 1. The Morgan fingerprint density at radius 3 is 2.72 bits per heavy atom. The molecule has 1 aliphatic rings. The van der Waals surface area contributed by atoms with Crippen molar-refractivity contribution < 1.29 is 13.2 Å². The van der Waals surface area contributed by atoms with Crippen LogP contribution in [0.4, 0.5) is 5.82 Å². The number of anilines is 1. The normalized spacial score (nSPS) is 17.1. The van der Waals surface area contributed by atoms with Gasteiger partial charge in [-0.1, -0.05) is 6.92 Å². The molecular weight excluding hydrogens is 344 g/mol. The van der Waals surface area contributed by atoms with Crippen LogP contribution >= 0.6 is 0 Å². The molecular formula is C15H24N6O3S. The van der Waals surface area contributed by atoms with Crippen molar-refractivity contribution >= 4 is 21.5 Å². The number of nitrogens with zero attached hydrogens (tertiary/aromatic N) is 5. The van der Waals surface area contributed by atoms with E-state index < -0.39 is 10.2 Å². The predicted octanol–water partition coefficient (Wildman–Crippen LogP) is 0.398. The van der Waals surface area contributed by atoms with E-state index in [1.54, 1.807) is 11.6 Å². The van der Waals surface area contributed by atoms with Gasteiger partial charge in [-0.25, -0.2) is 10.1 Å². The maximum atomic E-state index is 11.3. The third kappa shape index (κ3) is 3.29. The molecule has 0 amide bonds. The molecule has 25 heavy (non-hydrogen) atoms. The number of aromatic nitrogens is 3. The molecule has 9 nitrogen and oxygen atoms in total. The molecule has 2 N–H and O–H groups in total. The number of fused-ring (bicyclic) bond motifs is 1. The zero-order chi connectivity index (χ0) is 18.4. The molecule has 0 aliphatic carbocycles. The van der Waals surface area contributed by atoms with Gasteiger partial charge in [0.2, 0.25) is 5.88 Å². The average Bonchev–Trinajstić information content (AvgIpc) is 2.85. The lowest BCUT2D eigenvalue weighted by atomic mass is 9.79. The summed E-state index contributed by atoms with van der Waals surface area (Å²) in [5.41, 5.74) is 2.00. The van der Waals surface area contributed by atoms with E-state index in [1.807, 2.05) is 13.0 Å². The van der Waals surface area contributed by atoms with Crippen molar-refractivity contribution in [3.05, 3.63) is 18.0 Å². The first-order valence-electron chi connectivity index (χ1n) is 8.01. The van der Waals surface area contributed by atoms with Gasteiger partial charge in [-0.05, 0) is 18.9 Å². The number of rotatable bonds is 6. The molecule has 10 heteroatoms. The molecule has 0 bridgehead atoms. The molecule has 0 aromatic carbocycles. The topological polar surface area (TPSA) is 106 Å². The van der Waals surface area contributed by atoms with Crippen molar-refractivity contribution in [1.29, 1.82) is 0 Å². The predicted molar refractivity (Wildman–Crippen MR) is 95.0 cm³/mol. The average molecular weight is 368 g/mol. The van der Waals surface area contributed by atoms with E-state index in [2.05, 4.69) is 21.9 Å². The summed E-state index contributed by atoms with van der Waals surface area (Å²) in [5.74, 6) is 1.54. The second-order valence-electron chi connectivity index (χ2n) is 7.00. The quantitative estimate of drug-likeness (QED) is 0.791. The van der Waals surface area contributed by atoms with Crippen LogP contribution in [-0.2, 0) is 10.2 Å². The lowest BCUT2D eigenvalue weighted by Crippen LogP contribution is -2.56. The van der Waals surface area contributed by atoms with Crippen LogP contribution < -0.4 is 14.8 Å². The number of hydrogen-bond donors (Lipinski definition) is 1. The highest BCUT2D eigenvalue weighted by Gasteiger charge is 2.40. The van der Waals surface area contributed by atoms with Gasteiger partial charge in [-0.2, -0.15) is 22.3 Å². The van der Waals surface area contributed by atoms with Gasteiger partial charge in [0.1, 0.15) is 11.8 Å². The number of hydrogen-bond acceptors (Lipinski definition) is 6. The fourth-order valence-electron chi connectivity index (χ4n) is 3.29. The van der Waals surface area contributed by atoms with E-state index in [1.165, 1.54) is 17.7 Å². The fraction of sp³-hybridized carbons (Fsp3) is 0.600. The van der Waals surface area contributed by atoms with E-state index in [-0.39, 0.29) is 5.41 Å². The summed E-state index contributed by atoms with van der Waals surface area (Å²) < 4.78 is 30.9. The van der Waals surface area contributed by atoms with Gasteiger partial charge in [-0.15, -0.1) is 0 Å². The van der Waals surface area contributed by atoms with Gasteiger partial charge in [0, 0.05) is 38.2 Å². The molecule has 0 unspecified atom stereocenters. The lowest BCUT2D eigenvalue weighted by molar-refractivity contribution is 0.208. The number of methoxy groups -OCH3 is 1. The van der Waals surface area contributed by atoms with Gasteiger partial charge >= 0.3 is 0 Å². The monoisotopic (exact) mass is 368 g/mol. The maximum Gasteiger partial charge on any atom is 0.276 e. The van der Waals surface area contributed by atoms with Crippen LogP contribution in [0, 0.1) is 12.3 Å². The minimum Gasteiger partial charge on any atom is -0.481 e. The first kappa shape index (κ1) is 17.9. The minimum atomic E-state index is -3.63. The highest BCUT2D eigenvalue weighted by Crippen LogP contribution is 2.39. The SMILES string of the molecule is COc1cc(C)c2c(N3CC(C)(CCN(C)S(N)(=O)=O)C3)ncnn12. The van der Waals surface area contributed by atoms with Crippen molar-refractivity contribution in [3.63, 3.8) is 0 Å². The van der Waals surface area contributed by atoms with Crippen molar-refractivity contribution in [3.8, 4) is 5.88 Å². The first-order chi connectivity index (χ1) is 11.6. The summed E-state index contributed by atoms with van der Waals surface area (Å²) >= 11 is 0. The molecule has 3 rings (SSSR count). The molecule has 0 radical (unpaired) electrons. The molecule has 2 aromatic rings. The number of ether oxygens (including phenoxy) is 1. The zero-order valence-corrected chi connectivity index (χ0v) is 15.7. The van der Waals surface area contributed by atoms with Crippen LogP contribution in [-0.4, -0.2) is 61.1 Å². The molecule has 0 atom stereocenters. The lowest BCUT2D eigenvalue weighted by Gasteiger charge is -2.49. The van der Waals surface area contributed by atoms with E-state index >= 15 is 0 Å². The van der Waals surface area contributed by atoms with E-state index in [0.29, 0.717) is 12.4 Å². The second kappa shape index (κ2) is 6.11. The van der Waals surface area contributed by atoms with Crippen LogP contribution in [0.25, 0.3) is 5.52 Å². The van der Waals surface area contributed by atoms with Crippen molar-refractivity contribution in [2.24, 2.45) is 10.6 Å². The van der Waals surface area contributed by atoms with Crippen LogP contribution in [0.15, 0.2) is 12.4 Å². The van der Waals surface area contributed by atoms with E-state index in [9.17, 15) is 8.42 Å². The van der Waals surface area contributed by atoms with Crippen LogP contribution in [0.1, 0.15) is 18.9 Å². The van der Waals surface area contributed by atoms with Crippen molar-refractivity contribution in [2.75, 3.05) is 38.7 Å². The molecule has 3 heterocycles. The molecule has 0 saturated carbocycles. The maximum absolute atomic E-state index is 11.3. The largest absolute Gasteiger partial charge is 0.481 e. The Kier molecular flexibility index (Phi) is 4.38. The minimum absolute atomic E-state index is 0.0193. The van der Waals surface area contributed by atoms with Gasteiger partial charge in [-0.3, -0.25) is 0 Å². The first-order valence-corrected chi connectivity index (χ1v) is 9.51. The molecule has 0 spiro atoms. The van der Waals surface area contributed by atoms with Gasteiger partial charge in [0.15, 0.2) is 5.82 Å². The summed E-state index contributed by atoms with van der Waals surface area (Å²) in [7, 11) is -0.512. The summed E-state index contributed by atoms with van der Waals surface area (Å²) in [6.45, 7) is 6.14. The van der Waals surface area contributed by atoms with Crippen LogP contribution in [0.2, 0.25) is 0 Å². The van der Waals surface area contributed by atoms with Gasteiger partial charge < -0.3 is 9.64 Å². The van der Waals surface area contributed by atoms with Gasteiger partial charge in [0.25, 0.3) is 10.2 Å². The van der Waals surface area contributed by atoms with E-state index in [0.717, 1.165) is 36.4 Å². The fourth-order valence-corrected chi connectivity index (χ4v) is 3.63. The third-order valence-electron chi connectivity index (χ3n) is 4.81. The third-order valence-corrected chi connectivity index (χ3v) is 5.86. The Hall–Kier alpha value is -1.91. The molecule has 138 valence electrons. The van der Waals surface area contributed by atoms with E-state index in [4.69, 9.17) is 9.88 Å². The van der Waals surface area contributed by atoms with Crippen molar-refractivity contribution in [2.45, 2.75) is 20.3 Å². The molecule has 1 fully saturated rings. The Labute approximate surface area is 147 Å². The Morgan fingerprint density at radius 2 is 2.12 bits per heavy atom. The van der Waals surface area contributed by atoms with Gasteiger partial charge in [0.05, 0.1) is 7.11 Å². The van der Waals surface area contributed by atoms with Crippen molar-refractivity contribution in [1.82, 2.24) is 18.9 Å². The highest BCUT2D eigenvalue weighted by atomic mass is 32.2. The second-order valence-corrected chi connectivity index (χ2v) is 8.65. The Balaban J connectivity index is 1.74. The summed E-state index contributed by atoms with van der Waals surface area (Å²) in [6, 6.07) is 1.94. The zero-order valence-electron chi connectivity index (χ0n) is 14.9. The smallest absolute Gasteiger partial charge is 0.276 e. The van der Waals surface area contributed by atoms with Crippen LogP contribution in [0.5, 0.6) is 5.88 Å². The molecule has 2 aromatic heterocycles. The number of nitrogens with two attached hydrogens (primary N) is 1. The standard InChI is InChI=1S/C15H24N6O3S/c1-11-7-12(24-4)21-13(11)14(17-10-18-21)20-8-15(2,9-20)5-6-19(3)25(16,22)23/h7,10H,5-6,8-9H2,1-4H3,(H2,16,22,23). The molecule has 1 saturated heterocycles. The highest BCUT2D eigenvalue weighted by molar-refractivity contribution is 7.86. The summed E-state index contributed by atoms with van der Waals surface area (Å²) in [4.78, 5) is 6.63. The Morgan fingerprint density at radius 1 is 1.44 bits per heavy atom. The molecule has 1 aliphatic heterocycles. The summed E-state index contributed by atoms with van der Waals surface area (Å²) in [5, 5.41) is 9.40. The summed E-state index contributed by atoms with van der Waals surface area (Å²) in [6.07, 6.45) is 2.26.